The van der Waals surface area contributed by atoms with Gasteiger partial charge in [-0.3, -0.25) is 0 Å². The third kappa shape index (κ3) is 4.49. The molecule has 1 amide bonds. The van der Waals surface area contributed by atoms with Crippen LogP contribution in [0.15, 0.2) is 30.5 Å². The van der Waals surface area contributed by atoms with E-state index in [1.54, 1.807) is 11.1 Å². The molecule has 1 aromatic carbocycles. The molecule has 6 nitrogen and oxygen atoms in total. The molecule has 0 aliphatic carbocycles. The van der Waals surface area contributed by atoms with Gasteiger partial charge in [-0.1, -0.05) is 17.3 Å². The Morgan fingerprint density at radius 1 is 1.16 bits per heavy atom. The number of alkyl halides is 3. The number of benzene rings is 1. The van der Waals surface area contributed by atoms with E-state index in [9.17, 15) is 18.0 Å². The quantitative estimate of drug-likeness (QED) is 0.847. The second kappa shape index (κ2) is 7.12. The first-order valence-electron chi connectivity index (χ1n) is 7.89. The van der Waals surface area contributed by atoms with Gasteiger partial charge in [-0.25, -0.2) is 9.48 Å². The number of halogens is 3. The molecule has 25 heavy (non-hydrogen) atoms. The van der Waals surface area contributed by atoms with Gasteiger partial charge in [0.2, 0.25) is 0 Å². The molecule has 3 rings (SSSR count). The van der Waals surface area contributed by atoms with Crippen LogP contribution in [0.2, 0.25) is 0 Å². The van der Waals surface area contributed by atoms with Crippen molar-refractivity contribution >= 4 is 6.09 Å². The Morgan fingerprint density at radius 3 is 2.48 bits per heavy atom. The maximum Gasteiger partial charge on any atom is 0.416 e. The molecular weight excluding hydrogens is 337 g/mol. The number of hydrogen-bond acceptors (Lipinski definition) is 4. The van der Waals surface area contributed by atoms with Crippen molar-refractivity contribution in [1.82, 2.24) is 19.9 Å². The van der Waals surface area contributed by atoms with Crippen LogP contribution in [-0.4, -0.2) is 39.1 Å². The summed E-state index contributed by atoms with van der Waals surface area (Å²) in [4.78, 5) is 13.4. The SMILES string of the molecule is O=C(OCc1cn(Cc2ccc(C(F)(F)F)cc2)nn1)N1CCCC1. The molecule has 9 heteroatoms. The van der Waals surface area contributed by atoms with Crippen molar-refractivity contribution in [2.45, 2.75) is 32.2 Å². The summed E-state index contributed by atoms with van der Waals surface area (Å²) < 4.78 is 44.3. The lowest BCUT2D eigenvalue weighted by Gasteiger charge is -2.14. The lowest BCUT2D eigenvalue weighted by molar-refractivity contribution is -0.137. The third-order valence-corrected chi connectivity index (χ3v) is 3.92. The van der Waals surface area contributed by atoms with Gasteiger partial charge in [0.15, 0.2) is 0 Å². The van der Waals surface area contributed by atoms with E-state index in [2.05, 4.69) is 10.3 Å². The molecule has 0 N–H and O–H groups in total. The zero-order valence-corrected chi connectivity index (χ0v) is 13.4. The molecule has 1 saturated heterocycles. The highest BCUT2D eigenvalue weighted by Gasteiger charge is 2.29. The lowest BCUT2D eigenvalue weighted by Crippen LogP contribution is -2.28. The van der Waals surface area contributed by atoms with Crippen LogP contribution < -0.4 is 0 Å². The lowest BCUT2D eigenvalue weighted by atomic mass is 10.1. The van der Waals surface area contributed by atoms with Crippen molar-refractivity contribution in [2.24, 2.45) is 0 Å². The Labute approximate surface area is 142 Å². The summed E-state index contributed by atoms with van der Waals surface area (Å²) in [6, 6.07) is 4.87. The molecular formula is C16H17F3N4O2. The van der Waals surface area contributed by atoms with E-state index in [0.717, 1.165) is 25.0 Å². The number of carbonyl (C=O) groups excluding carboxylic acids is 1. The summed E-state index contributed by atoms with van der Waals surface area (Å²) >= 11 is 0. The first kappa shape index (κ1) is 17.2. The summed E-state index contributed by atoms with van der Waals surface area (Å²) in [6.07, 6.45) is -1.14. The van der Waals surface area contributed by atoms with Crippen LogP contribution in [0.1, 0.15) is 29.7 Å². The van der Waals surface area contributed by atoms with E-state index >= 15 is 0 Å². The van der Waals surface area contributed by atoms with Crippen molar-refractivity contribution in [3.05, 3.63) is 47.3 Å². The zero-order chi connectivity index (χ0) is 17.9. The van der Waals surface area contributed by atoms with Gasteiger partial charge in [-0.05, 0) is 30.5 Å². The van der Waals surface area contributed by atoms with Crippen molar-refractivity contribution in [3.8, 4) is 0 Å². The van der Waals surface area contributed by atoms with Crippen LogP contribution in [0.5, 0.6) is 0 Å². The van der Waals surface area contributed by atoms with Gasteiger partial charge >= 0.3 is 12.3 Å². The number of amides is 1. The fraction of sp³-hybridized carbons (Fsp3) is 0.438. The number of ether oxygens (including phenoxy) is 1. The smallest absolute Gasteiger partial charge is 0.416 e. The number of nitrogens with zero attached hydrogens (tertiary/aromatic N) is 4. The molecule has 1 aliphatic heterocycles. The largest absolute Gasteiger partial charge is 0.443 e. The van der Waals surface area contributed by atoms with E-state index < -0.39 is 11.7 Å². The van der Waals surface area contributed by atoms with Crippen LogP contribution in [0.4, 0.5) is 18.0 Å². The van der Waals surface area contributed by atoms with Crippen LogP contribution in [0.25, 0.3) is 0 Å². The summed E-state index contributed by atoms with van der Waals surface area (Å²) in [5.41, 5.74) is 0.460. The molecule has 1 fully saturated rings. The van der Waals surface area contributed by atoms with Crippen molar-refractivity contribution in [1.29, 1.82) is 0 Å². The van der Waals surface area contributed by atoms with Crippen molar-refractivity contribution in [2.75, 3.05) is 13.1 Å². The van der Waals surface area contributed by atoms with Crippen LogP contribution in [0, 0.1) is 0 Å². The Hall–Kier alpha value is -2.58. The molecule has 1 aliphatic rings. The van der Waals surface area contributed by atoms with E-state index in [0.29, 0.717) is 24.3 Å². The summed E-state index contributed by atoms with van der Waals surface area (Å²) in [7, 11) is 0. The minimum Gasteiger partial charge on any atom is -0.443 e. The van der Waals surface area contributed by atoms with E-state index in [4.69, 9.17) is 4.74 Å². The topological polar surface area (TPSA) is 60.3 Å². The zero-order valence-electron chi connectivity index (χ0n) is 13.4. The van der Waals surface area contributed by atoms with Gasteiger partial charge in [0.1, 0.15) is 12.3 Å². The summed E-state index contributed by atoms with van der Waals surface area (Å²) in [5, 5.41) is 7.80. The van der Waals surface area contributed by atoms with Gasteiger partial charge in [0.05, 0.1) is 18.3 Å². The second-order valence-electron chi connectivity index (χ2n) is 5.85. The highest BCUT2D eigenvalue weighted by molar-refractivity contribution is 5.67. The maximum absolute atomic E-state index is 12.5. The van der Waals surface area contributed by atoms with Crippen LogP contribution in [0.3, 0.4) is 0 Å². The molecule has 0 radical (unpaired) electrons. The number of rotatable bonds is 4. The van der Waals surface area contributed by atoms with E-state index in [-0.39, 0.29) is 19.2 Å². The van der Waals surface area contributed by atoms with Gasteiger partial charge in [-0.15, -0.1) is 5.10 Å². The van der Waals surface area contributed by atoms with Gasteiger partial charge in [-0.2, -0.15) is 13.2 Å². The average Bonchev–Trinajstić information content (AvgIpc) is 3.24. The number of hydrogen-bond donors (Lipinski definition) is 0. The highest BCUT2D eigenvalue weighted by atomic mass is 19.4. The third-order valence-electron chi connectivity index (χ3n) is 3.92. The second-order valence-corrected chi connectivity index (χ2v) is 5.85. The number of carbonyl (C=O) groups is 1. The molecule has 0 spiro atoms. The molecule has 2 aromatic rings. The summed E-state index contributed by atoms with van der Waals surface area (Å²) in [5.74, 6) is 0. The number of likely N-dealkylation sites (tertiary alicyclic amines) is 1. The maximum atomic E-state index is 12.5. The van der Waals surface area contributed by atoms with Gasteiger partial charge in [0, 0.05) is 13.1 Å². The predicted octanol–water partition coefficient (Wildman–Crippen LogP) is 3.08. The molecule has 0 atom stereocenters. The summed E-state index contributed by atoms with van der Waals surface area (Å²) in [6.45, 7) is 1.71. The first-order valence-corrected chi connectivity index (χ1v) is 7.89. The molecule has 0 unspecified atom stereocenters. The van der Waals surface area contributed by atoms with E-state index in [1.165, 1.54) is 16.8 Å². The Morgan fingerprint density at radius 2 is 1.84 bits per heavy atom. The van der Waals surface area contributed by atoms with Crippen LogP contribution in [-0.2, 0) is 24.1 Å². The van der Waals surface area contributed by atoms with Crippen molar-refractivity contribution < 1.29 is 22.7 Å². The number of aromatic nitrogens is 3. The van der Waals surface area contributed by atoms with E-state index in [1.807, 2.05) is 0 Å². The first-order chi connectivity index (χ1) is 11.9. The molecule has 2 heterocycles. The highest BCUT2D eigenvalue weighted by Crippen LogP contribution is 2.29. The van der Waals surface area contributed by atoms with Crippen molar-refractivity contribution in [3.63, 3.8) is 0 Å². The molecule has 0 bridgehead atoms. The average molecular weight is 354 g/mol. The predicted molar refractivity (Wildman–Crippen MR) is 81.6 cm³/mol. The minimum atomic E-state index is -4.35. The fourth-order valence-corrected chi connectivity index (χ4v) is 2.59. The van der Waals surface area contributed by atoms with Crippen LogP contribution >= 0.6 is 0 Å². The van der Waals surface area contributed by atoms with Gasteiger partial charge < -0.3 is 9.64 Å². The fourth-order valence-electron chi connectivity index (χ4n) is 2.59. The Balaban J connectivity index is 1.53. The Bertz CT molecular complexity index is 722. The standard InChI is InChI=1S/C16H17F3N4O2/c17-16(18,19)13-5-3-12(4-6-13)9-23-10-14(20-21-23)11-25-15(24)22-7-1-2-8-22/h3-6,10H,1-2,7-9,11H2. The Kier molecular flexibility index (Phi) is 4.91. The molecule has 0 saturated carbocycles. The normalized spacial score (nSPS) is 14.8. The molecule has 1 aromatic heterocycles. The molecule has 134 valence electrons. The van der Waals surface area contributed by atoms with Gasteiger partial charge in [0.25, 0.3) is 0 Å². The minimum absolute atomic E-state index is 0.0162. The monoisotopic (exact) mass is 354 g/mol.